The molecule has 2 aromatic rings. The Kier molecular flexibility index (Phi) is 7.79. The van der Waals surface area contributed by atoms with Crippen LogP contribution in [0.5, 0.6) is 5.75 Å². The second kappa shape index (κ2) is 10.7. The van der Waals surface area contributed by atoms with Crippen molar-refractivity contribution in [2.24, 2.45) is 0 Å². The summed E-state index contributed by atoms with van der Waals surface area (Å²) >= 11 is 1.26. The van der Waals surface area contributed by atoms with Gasteiger partial charge in [-0.15, -0.1) is 11.3 Å². The van der Waals surface area contributed by atoms with Gasteiger partial charge < -0.3 is 19.7 Å². The number of nitrogens with one attached hydrogen (secondary N) is 2. The summed E-state index contributed by atoms with van der Waals surface area (Å²) in [5.74, 6) is 0.0895. The number of anilines is 2. The number of esters is 1. The largest absolute Gasteiger partial charge is 0.495 e. The zero-order valence-corrected chi connectivity index (χ0v) is 18.2. The number of benzene rings is 1. The second-order valence-electron chi connectivity index (χ2n) is 6.84. The monoisotopic (exact) mass is 447 g/mol. The van der Waals surface area contributed by atoms with Gasteiger partial charge in [0.15, 0.2) is 5.13 Å². The number of methoxy groups -OCH3 is 2. The number of thiazole rings is 1. The minimum absolute atomic E-state index is 0.0679. The molecule has 0 saturated carbocycles. The minimum Gasteiger partial charge on any atom is -0.495 e. The van der Waals surface area contributed by atoms with E-state index >= 15 is 0 Å². The Balaban J connectivity index is 1.43. The van der Waals surface area contributed by atoms with Crippen LogP contribution in [0.4, 0.5) is 15.6 Å². The van der Waals surface area contributed by atoms with Gasteiger partial charge >= 0.3 is 12.0 Å². The van der Waals surface area contributed by atoms with Crippen LogP contribution in [0.15, 0.2) is 29.6 Å². The van der Waals surface area contributed by atoms with Crippen LogP contribution < -0.4 is 15.4 Å². The average Bonchev–Trinajstić information content (AvgIpc) is 3.20. The Morgan fingerprint density at radius 3 is 2.55 bits per heavy atom. The number of carbonyl (C=O) groups excluding carboxylic acids is 3. The standard InChI is InChI=1S/C20H25N5O5S/c1-29-16-6-4-3-5-15(16)22-17(26)12-24-7-9-25(10-8-24)20(28)23-19-21-14(13-31-19)11-18(27)30-2/h3-6,13H,7-12H2,1-2H3,(H,22,26)(H,21,23,28). The van der Waals surface area contributed by atoms with Crippen molar-refractivity contribution in [2.75, 3.05) is 57.6 Å². The van der Waals surface area contributed by atoms with Gasteiger partial charge in [-0.2, -0.15) is 0 Å². The Bertz CT molecular complexity index is 926. The molecule has 0 radical (unpaired) electrons. The molecular weight excluding hydrogens is 422 g/mol. The maximum Gasteiger partial charge on any atom is 0.323 e. The second-order valence-corrected chi connectivity index (χ2v) is 7.70. The lowest BCUT2D eigenvalue weighted by Gasteiger charge is -2.34. The third kappa shape index (κ3) is 6.40. The molecule has 2 heterocycles. The number of hydrogen-bond donors (Lipinski definition) is 2. The van der Waals surface area contributed by atoms with E-state index in [9.17, 15) is 14.4 Å². The Morgan fingerprint density at radius 1 is 1.10 bits per heavy atom. The lowest BCUT2D eigenvalue weighted by atomic mass is 10.3. The third-order valence-electron chi connectivity index (χ3n) is 4.73. The molecule has 11 heteroatoms. The van der Waals surface area contributed by atoms with Gasteiger partial charge in [-0.1, -0.05) is 12.1 Å². The molecule has 1 fully saturated rings. The van der Waals surface area contributed by atoms with E-state index in [1.807, 2.05) is 17.0 Å². The summed E-state index contributed by atoms with van der Waals surface area (Å²) in [7, 11) is 2.88. The number of ether oxygens (including phenoxy) is 2. The van der Waals surface area contributed by atoms with Crippen molar-refractivity contribution in [2.45, 2.75) is 6.42 Å². The van der Waals surface area contributed by atoms with Crippen LogP contribution in [-0.2, 0) is 20.7 Å². The maximum atomic E-state index is 12.5. The van der Waals surface area contributed by atoms with Crippen LogP contribution in [0.2, 0.25) is 0 Å². The molecule has 0 aliphatic carbocycles. The predicted molar refractivity (Wildman–Crippen MR) is 116 cm³/mol. The van der Waals surface area contributed by atoms with Gasteiger partial charge in [-0.25, -0.2) is 9.78 Å². The van der Waals surface area contributed by atoms with Crippen molar-refractivity contribution >= 4 is 40.1 Å². The van der Waals surface area contributed by atoms with E-state index in [2.05, 4.69) is 20.4 Å². The number of carbonyl (C=O) groups is 3. The first-order valence-corrected chi connectivity index (χ1v) is 10.6. The third-order valence-corrected chi connectivity index (χ3v) is 5.53. The first kappa shape index (κ1) is 22.5. The molecule has 166 valence electrons. The topological polar surface area (TPSA) is 113 Å². The van der Waals surface area contributed by atoms with E-state index < -0.39 is 0 Å². The number of piperazine rings is 1. The molecule has 1 aromatic heterocycles. The summed E-state index contributed by atoms with van der Waals surface area (Å²) in [6, 6.07) is 6.99. The van der Waals surface area contributed by atoms with E-state index in [4.69, 9.17) is 4.74 Å². The van der Waals surface area contributed by atoms with E-state index in [1.165, 1.54) is 18.4 Å². The van der Waals surface area contributed by atoms with E-state index in [0.29, 0.717) is 48.4 Å². The van der Waals surface area contributed by atoms with Crippen molar-refractivity contribution in [1.29, 1.82) is 0 Å². The highest BCUT2D eigenvalue weighted by molar-refractivity contribution is 7.13. The Hall–Kier alpha value is -3.18. The summed E-state index contributed by atoms with van der Waals surface area (Å²) < 4.78 is 9.86. The zero-order valence-electron chi connectivity index (χ0n) is 17.4. The summed E-state index contributed by atoms with van der Waals surface area (Å²) in [4.78, 5) is 44.0. The molecule has 0 unspecified atom stereocenters. The van der Waals surface area contributed by atoms with Crippen molar-refractivity contribution in [1.82, 2.24) is 14.8 Å². The molecule has 0 bridgehead atoms. The summed E-state index contributed by atoms with van der Waals surface area (Å²) in [6.45, 7) is 2.38. The fourth-order valence-electron chi connectivity index (χ4n) is 3.09. The minimum atomic E-state index is -0.381. The summed E-state index contributed by atoms with van der Waals surface area (Å²) in [5.41, 5.74) is 1.18. The van der Waals surface area contributed by atoms with E-state index in [0.717, 1.165) is 0 Å². The number of nitrogens with zero attached hydrogens (tertiary/aromatic N) is 3. The molecular formula is C20H25N5O5S. The fraction of sp³-hybridized carbons (Fsp3) is 0.400. The predicted octanol–water partition coefficient (Wildman–Crippen LogP) is 1.66. The van der Waals surface area contributed by atoms with Crippen LogP contribution in [0.25, 0.3) is 0 Å². The van der Waals surface area contributed by atoms with Crippen molar-refractivity contribution in [3.05, 3.63) is 35.3 Å². The van der Waals surface area contributed by atoms with Gasteiger partial charge in [0, 0.05) is 31.6 Å². The van der Waals surface area contributed by atoms with Crippen molar-refractivity contribution in [3.8, 4) is 5.75 Å². The van der Waals surface area contributed by atoms with Crippen molar-refractivity contribution < 1.29 is 23.9 Å². The molecule has 1 aliphatic heterocycles. The number of aromatic nitrogens is 1. The highest BCUT2D eigenvalue weighted by Crippen LogP contribution is 2.23. The summed E-state index contributed by atoms with van der Waals surface area (Å²) in [6.07, 6.45) is 0.0679. The van der Waals surface area contributed by atoms with Gasteiger partial charge in [-0.3, -0.25) is 19.8 Å². The molecule has 3 amide bonds. The van der Waals surface area contributed by atoms with Gasteiger partial charge in [0.2, 0.25) is 5.91 Å². The van der Waals surface area contributed by atoms with Crippen LogP contribution in [0.3, 0.4) is 0 Å². The SMILES string of the molecule is COC(=O)Cc1csc(NC(=O)N2CCN(CC(=O)Nc3ccccc3OC)CC2)n1. The zero-order chi connectivity index (χ0) is 22.2. The van der Waals surface area contributed by atoms with Crippen LogP contribution >= 0.6 is 11.3 Å². The number of amides is 3. The van der Waals surface area contributed by atoms with Gasteiger partial charge in [0.05, 0.1) is 38.6 Å². The van der Waals surface area contributed by atoms with Gasteiger partial charge in [0.25, 0.3) is 0 Å². The molecule has 2 N–H and O–H groups in total. The molecule has 10 nitrogen and oxygen atoms in total. The van der Waals surface area contributed by atoms with E-state index in [-0.39, 0.29) is 30.9 Å². The number of hydrogen-bond acceptors (Lipinski definition) is 8. The molecule has 1 saturated heterocycles. The van der Waals surface area contributed by atoms with Gasteiger partial charge in [0.1, 0.15) is 5.75 Å². The van der Waals surface area contributed by atoms with E-state index in [1.54, 1.807) is 29.5 Å². The Morgan fingerprint density at radius 2 is 1.84 bits per heavy atom. The lowest BCUT2D eigenvalue weighted by molar-refractivity contribution is -0.139. The van der Waals surface area contributed by atoms with Crippen LogP contribution in [0, 0.1) is 0 Å². The number of rotatable bonds is 7. The first-order valence-electron chi connectivity index (χ1n) is 9.71. The molecule has 31 heavy (non-hydrogen) atoms. The van der Waals surface area contributed by atoms with Crippen molar-refractivity contribution in [3.63, 3.8) is 0 Å². The molecule has 1 aromatic carbocycles. The smallest absolute Gasteiger partial charge is 0.323 e. The Labute approximate surface area is 184 Å². The normalized spacial score (nSPS) is 14.1. The molecule has 1 aliphatic rings. The quantitative estimate of drug-likeness (QED) is 0.621. The molecule has 0 atom stereocenters. The highest BCUT2D eigenvalue weighted by Gasteiger charge is 2.23. The summed E-state index contributed by atoms with van der Waals surface area (Å²) in [5, 5.41) is 7.76. The van der Waals surface area contributed by atoms with Crippen LogP contribution in [-0.4, -0.2) is 79.6 Å². The number of urea groups is 1. The molecule has 0 spiro atoms. The lowest BCUT2D eigenvalue weighted by Crippen LogP contribution is -2.51. The average molecular weight is 448 g/mol. The maximum absolute atomic E-state index is 12.5. The van der Waals surface area contributed by atoms with Gasteiger partial charge in [-0.05, 0) is 12.1 Å². The highest BCUT2D eigenvalue weighted by atomic mass is 32.1. The fourth-order valence-corrected chi connectivity index (χ4v) is 3.79. The van der Waals surface area contributed by atoms with Crippen LogP contribution in [0.1, 0.15) is 5.69 Å². The number of para-hydroxylation sites is 2. The molecule has 3 rings (SSSR count). The first-order chi connectivity index (χ1) is 15.0.